The summed E-state index contributed by atoms with van der Waals surface area (Å²) in [5.41, 5.74) is 3.91. The van der Waals surface area contributed by atoms with Crippen LogP contribution in [0, 0.1) is 0 Å². The first-order valence-corrected chi connectivity index (χ1v) is 6.97. The Balaban J connectivity index is 1.61. The molecule has 0 aliphatic heterocycles. The number of aromatic amines is 1. The SMILES string of the molecule is CC(NC(=O)Cc1ccc2c(c1)CCC2)c1ncn[nH]1. The van der Waals surface area contributed by atoms with Crippen molar-refractivity contribution in [2.45, 2.75) is 38.6 Å². The zero-order valence-corrected chi connectivity index (χ0v) is 11.5. The van der Waals surface area contributed by atoms with Gasteiger partial charge in [0.1, 0.15) is 12.2 Å². The van der Waals surface area contributed by atoms with Crippen LogP contribution in [0.4, 0.5) is 0 Å². The van der Waals surface area contributed by atoms with Crippen molar-refractivity contribution in [2.75, 3.05) is 0 Å². The van der Waals surface area contributed by atoms with Crippen molar-refractivity contribution in [3.05, 3.63) is 47.0 Å². The summed E-state index contributed by atoms with van der Waals surface area (Å²) in [6.07, 6.45) is 5.39. The number of H-pyrrole nitrogens is 1. The Bertz CT molecular complexity index is 606. The van der Waals surface area contributed by atoms with Gasteiger partial charge in [0.15, 0.2) is 0 Å². The molecule has 2 aromatic rings. The standard InChI is InChI=1S/C15H18N4O/c1-10(15-16-9-17-19-15)18-14(20)8-11-5-6-12-3-2-4-13(12)7-11/h5-7,9-10H,2-4,8H2,1H3,(H,18,20)(H,16,17,19). The van der Waals surface area contributed by atoms with Gasteiger partial charge in [-0.2, -0.15) is 5.10 Å². The van der Waals surface area contributed by atoms with Crippen molar-refractivity contribution in [3.63, 3.8) is 0 Å². The lowest BCUT2D eigenvalue weighted by Gasteiger charge is -2.11. The molecule has 1 aliphatic rings. The summed E-state index contributed by atoms with van der Waals surface area (Å²) in [5.74, 6) is 0.680. The van der Waals surface area contributed by atoms with Crippen molar-refractivity contribution < 1.29 is 4.79 Å². The molecule has 104 valence electrons. The first kappa shape index (κ1) is 12.8. The van der Waals surface area contributed by atoms with Crippen LogP contribution in [0.2, 0.25) is 0 Å². The van der Waals surface area contributed by atoms with Crippen molar-refractivity contribution in [3.8, 4) is 0 Å². The topological polar surface area (TPSA) is 70.7 Å². The maximum Gasteiger partial charge on any atom is 0.224 e. The largest absolute Gasteiger partial charge is 0.346 e. The number of hydrogen-bond acceptors (Lipinski definition) is 3. The third-order valence-electron chi connectivity index (χ3n) is 3.75. The summed E-state index contributed by atoms with van der Waals surface area (Å²) in [7, 11) is 0. The molecule has 1 aromatic carbocycles. The fourth-order valence-electron chi connectivity index (χ4n) is 2.70. The maximum atomic E-state index is 12.0. The highest BCUT2D eigenvalue weighted by Gasteiger charge is 2.14. The van der Waals surface area contributed by atoms with Crippen LogP contribution in [-0.2, 0) is 24.1 Å². The van der Waals surface area contributed by atoms with Crippen LogP contribution in [0.3, 0.4) is 0 Å². The molecule has 0 bridgehead atoms. The van der Waals surface area contributed by atoms with E-state index in [9.17, 15) is 4.79 Å². The van der Waals surface area contributed by atoms with Crippen LogP contribution in [0.15, 0.2) is 24.5 Å². The first-order chi connectivity index (χ1) is 9.72. The van der Waals surface area contributed by atoms with Crippen molar-refractivity contribution in [1.82, 2.24) is 20.5 Å². The molecule has 5 heteroatoms. The Hall–Kier alpha value is -2.17. The zero-order valence-electron chi connectivity index (χ0n) is 11.5. The van der Waals surface area contributed by atoms with Crippen molar-refractivity contribution >= 4 is 5.91 Å². The molecule has 20 heavy (non-hydrogen) atoms. The van der Waals surface area contributed by atoms with Gasteiger partial charge in [0, 0.05) is 0 Å². The Kier molecular flexibility index (Phi) is 3.50. The highest BCUT2D eigenvalue weighted by Crippen LogP contribution is 2.23. The third kappa shape index (κ3) is 2.71. The van der Waals surface area contributed by atoms with E-state index in [0.29, 0.717) is 12.2 Å². The van der Waals surface area contributed by atoms with Crippen LogP contribution in [0.5, 0.6) is 0 Å². The average molecular weight is 270 g/mol. The number of amides is 1. The molecule has 0 saturated heterocycles. The molecule has 0 saturated carbocycles. The number of aryl methyl sites for hydroxylation is 2. The van der Waals surface area contributed by atoms with Crippen LogP contribution in [0.1, 0.15) is 41.9 Å². The Morgan fingerprint density at radius 3 is 3.05 bits per heavy atom. The second-order valence-electron chi connectivity index (χ2n) is 5.29. The van der Waals surface area contributed by atoms with E-state index in [4.69, 9.17) is 0 Å². The predicted octanol–water partition coefficient (Wildman–Crippen LogP) is 1.71. The minimum atomic E-state index is -0.153. The lowest BCUT2D eigenvalue weighted by molar-refractivity contribution is -0.121. The van der Waals surface area contributed by atoms with E-state index >= 15 is 0 Å². The number of rotatable bonds is 4. The van der Waals surface area contributed by atoms with E-state index in [2.05, 4.69) is 38.7 Å². The molecular weight excluding hydrogens is 252 g/mol. The molecule has 1 heterocycles. The fraction of sp³-hybridized carbons (Fsp3) is 0.400. The van der Waals surface area contributed by atoms with E-state index in [-0.39, 0.29) is 11.9 Å². The van der Waals surface area contributed by atoms with Crippen molar-refractivity contribution in [1.29, 1.82) is 0 Å². The lowest BCUT2D eigenvalue weighted by Crippen LogP contribution is -2.28. The molecule has 1 amide bonds. The quantitative estimate of drug-likeness (QED) is 0.888. The van der Waals surface area contributed by atoms with Gasteiger partial charge in [0.25, 0.3) is 0 Å². The van der Waals surface area contributed by atoms with Gasteiger partial charge in [-0.15, -0.1) is 0 Å². The number of carbonyl (C=O) groups is 1. The van der Waals surface area contributed by atoms with E-state index in [1.807, 2.05) is 6.92 Å². The van der Waals surface area contributed by atoms with E-state index in [1.54, 1.807) is 0 Å². The summed E-state index contributed by atoms with van der Waals surface area (Å²) in [5, 5.41) is 9.48. The number of benzene rings is 1. The predicted molar refractivity (Wildman–Crippen MR) is 75.1 cm³/mol. The summed E-state index contributed by atoms with van der Waals surface area (Å²) in [4.78, 5) is 16.1. The van der Waals surface area contributed by atoms with Gasteiger partial charge in [-0.05, 0) is 42.9 Å². The maximum absolute atomic E-state index is 12.0. The molecule has 2 N–H and O–H groups in total. The van der Waals surface area contributed by atoms with E-state index < -0.39 is 0 Å². The van der Waals surface area contributed by atoms with Gasteiger partial charge in [-0.3, -0.25) is 9.89 Å². The lowest BCUT2D eigenvalue weighted by atomic mass is 10.0. The van der Waals surface area contributed by atoms with Gasteiger partial charge in [0.2, 0.25) is 5.91 Å². The minimum Gasteiger partial charge on any atom is -0.346 e. The third-order valence-corrected chi connectivity index (χ3v) is 3.75. The van der Waals surface area contributed by atoms with Crippen LogP contribution >= 0.6 is 0 Å². The van der Waals surface area contributed by atoms with E-state index in [1.165, 1.54) is 30.3 Å². The Labute approximate surface area is 117 Å². The average Bonchev–Trinajstić information content (AvgIpc) is 3.09. The normalized spacial score (nSPS) is 14.8. The smallest absolute Gasteiger partial charge is 0.224 e. The molecule has 0 radical (unpaired) electrons. The highest BCUT2D eigenvalue weighted by atomic mass is 16.1. The summed E-state index contributed by atoms with van der Waals surface area (Å²) in [6, 6.07) is 6.23. The second kappa shape index (κ2) is 5.45. The van der Waals surface area contributed by atoms with Crippen LogP contribution in [-0.4, -0.2) is 21.1 Å². The molecule has 5 nitrogen and oxygen atoms in total. The van der Waals surface area contributed by atoms with Crippen LogP contribution < -0.4 is 5.32 Å². The number of carbonyl (C=O) groups excluding carboxylic acids is 1. The number of aromatic nitrogens is 3. The number of nitrogens with zero attached hydrogens (tertiary/aromatic N) is 2. The molecular formula is C15H18N4O. The monoisotopic (exact) mass is 270 g/mol. The Morgan fingerprint density at radius 2 is 2.25 bits per heavy atom. The molecule has 3 rings (SSSR count). The molecule has 1 atom stereocenters. The van der Waals surface area contributed by atoms with Gasteiger partial charge in [-0.25, -0.2) is 4.98 Å². The summed E-state index contributed by atoms with van der Waals surface area (Å²) >= 11 is 0. The van der Waals surface area contributed by atoms with Gasteiger partial charge >= 0.3 is 0 Å². The molecule has 0 fully saturated rings. The zero-order chi connectivity index (χ0) is 13.9. The number of fused-ring (bicyclic) bond motifs is 1. The minimum absolute atomic E-state index is 0.00634. The van der Waals surface area contributed by atoms with Gasteiger partial charge in [-0.1, -0.05) is 18.2 Å². The summed E-state index contributed by atoms with van der Waals surface area (Å²) in [6.45, 7) is 1.89. The van der Waals surface area contributed by atoms with Crippen molar-refractivity contribution in [2.24, 2.45) is 0 Å². The van der Waals surface area contributed by atoms with Gasteiger partial charge in [0.05, 0.1) is 12.5 Å². The molecule has 0 spiro atoms. The van der Waals surface area contributed by atoms with E-state index in [0.717, 1.165) is 12.0 Å². The highest BCUT2D eigenvalue weighted by molar-refractivity contribution is 5.79. The molecule has 1 unspecified atom stereocenters. The summed E-state index contributed by atoms with van der Waals surface area (Å²) < 4.78 is 0. The molecule has 1 aromatic heterocycles. The Morgan fingerprint density at radius 1 is 1.40 bits per heavy atom. The van der Waals surface area contributed by atoms with Gasteiger partial charge < -0.3 is 5.32 Å². The number of nitrogens with one attached hydrogen (secondary N) is 2. The number of hydrogen-bond donors (Lipinski definition) is 2. The second-order valence-corrected chi connectivity index (χ2v) is 5.29. The fourth-order valence-corrected chi connectivity index (χ4v) is 2.70. The first-order valence-electron chi connectivity index (χ1n) is 6.97. The van der Waals surface area contributed by atoms with Crippen LogP contribution in [0.25, 0.3) is 0 Å². The molecule has 1 aliphatic carbocycles.